The van der Waals surface area contributed by atoms with Gasteiger partial charge >= 0.3 is 0 Å². The highest BCUT2D eigenvalue weighted by Crippen LogP contribution is 2.32. The molecule has 112 valence electrons. The van der Waals surface area contributed by atoms with Crippen LogP contribution in [0, 0.1) is 11.3 Å². The average Bonchev–Trinajstić information content (AvgIpc) is 2.83. The zero-order valence-electron chi connectivity index (χ0n) is 12.9. The zero-order chi connectivity index (χ0) is 14.3. The first-order chi connectivity index (χ1) is 8.93. The summed E-state index contributed by atoms with van der Waals surface area (Å²) in [6.07, 6.45) is 6.92. The monoisotopic (exact) mass is 269 g/mol. The second kappa shape index (κ2) is 8.01. The van der Waals surface area contributed by atoms with Crippen LogP contribution in [0.2, 0.25) is 0 Å². The van der Waals surface area contributed by atoms with E-state index in [-0.39, 0.29) is 5.41 Å². The predicted molar refractivity (Wildman–Crippen MR) is 79.1 cm³/mol. The number of rotatable bonds is 8. The minimum Gasteiger partial charge on any atom is -0.378 e. The Morgan fingerprint density at radius 1 is 1.32 bits per heavy atom. The molecule has 19 heavy (non-hydrogen) atoms. The summed E-state index contributed by atoms with van der Waals surface area (Å²) < 4.78 is 5.55. The largest absolute Gasteiger partial charge is 0.378 e. The van der Waals surface area contributed by atoms with E-state index in [1.54, 1.807) is 0 Å². The van der Waals surface area contributed by atoms with Crippen molar-refractivity contribution in [2.24, 2.45) is 17.1 Å². The number of hydrogen-bond acceptors (Lipinski definition) is 3. The van der Waals surface area contributed by atoms with Crippen molar-refractivity contribution < 1.29 is 9.53 Å². The molecular formula is C16H31NO2. The van der Waals surface area contributed by atoms with Crippen LogP contribution in [-0.2, 0) is 9.53 Å². The van der Waals surface area contributed by atoms with E-state index in [1.807, 2.05) is 0 Å². The van der Waals surface area contributed by atoms with Crippen molar-refractivity contribution in [2.45, 2.75) is 71.8 Å². The Kier molecular flexibility index (Phi) is 7.01. The van der Waals surface area contributed by atoms with Crippen LogP contribution in [0.15, 0.2) is 0 Å². The quantitative estimate of drug-likeness (QED) is 0.735. The van der Waals surface area contributed by atoms with Crippen LogP contribution in [0.1, 0.15) is 65.7 Å². The van der Waals surface area contributed by atoms with Crippen LogP contribution in [-0.4, -0.2) is 25.0 Å². The summed E-state index contributed by atoms with van der Waals surface area (Å²) in [5.41, 5.74) is 5.92. The molecule has 0 radical (unpaired) electrons. The molecule has 0 aromatic rings. The summed E-state index contributed by atoms with van der Waals surface area (Å²) in [5.74, 6) is 0.936. The first-order valence-corrected chi connectivity index (χ1v) is 7.77. The van der Waals surface area contributed by atoms with Gasteiger partial charge in [-0.3, -0.25) is 4.79 Å². The van der Waals surface area contributed by atoms with Crippen molar-refractivity contribution in [2.75, 3.05) is 13.2 Å². The topological polar surface area (TPSA) is 52.3 Å². The maximum absolute atomic E-state index is 11.9. The molecule has 0 saturated carbocycles. The normalized spacial score (nSPS) is 21.6. The first kappa shape index (κ1) is 16.6. The number of carbonyl (C=O) groups excluding carboxylic acids is 1. The Labute approximate surface area is 118 Å². The lowest BCUT2D eigenvalue weighted by Gasteiger charge is -2.30. The summed E-state index contributed by atoms with van der Waals surface area (Å²) in [6, 6.07) is 0. The molecule has 1 aliphatic heterocycles. The van der Waals surface area contributed by atoms with Gasteiger partial charge < -0.3 is 10.5 Å². The molecule has 1 rings (SSSR count). The highest BCUT2D eigenvalue weighted by Gasteiger charge is 2.24. The highest BCUT2D eigenvalue weighted by atomic mass is 16.5. The highest BCUT2D eigenvalue weighted by molar-refractivity contribution is 5.78. The molecule has 1 fully saturated rings. The summed E-state index contributed by atoms with van der Waals surface area (Å²) in [7, 11) is 0. The van der Waals surface area contributed by atoms with Gasteiger partial charge in [-0.2, -0.15) is 0 Å². The van der Waals surface area contributed by atoms with Gasteiger partial charge in [0.25, 0.3) is 0 Å². The minimum absolute atomic E-state index is 0.244. The molecule has 3 heteroatoms. The molecule has 3 nitrogen and oxygen atoms in total. The average molecular weight is 269 g/mol. The Morgan fingerprint density at radius 3 is 2.58 bits per heavy atom. The van der Waals surface area contributed by atoms with Gasteiger partial charge in [-0.05, 0) is 50.0 Å². The van der Waals surface area contributed by atoms with Crippen LogP contribution < -0.4 is 5.73 Å². The molecule has 0 aliphatic carbocycles. The lowest BCUT2D eigenvalue weighted by atomic mass is 9.76. The molecule has 0 aromatic heterocycles. The Bertz CT molecular complexity index is 264. The Balaban J connectivity index is 2.23. The predicted octanol–water partition coefficient (Wildman–Crippen LogP) is 3.31. The maximum Gasteiger partial charge on any atom is 0.133 e. The van der Waals surface area contributed by atoms with Crippen LogP contribution in [0.3, 0.4) is 0 Å². The van der Waals surface area contributed by atoms with E-state index in [0.29, 0.717) is 37.2 Å². The van der Waals surface area contributed by atoms with Gasteiger partial charge in [0.2, 0.25) is 0 Å². The van der Waals surface area contributed by atoms with Crippen molar-refractivity contribution >= 4 is 5.78 Å². The maximum atomic E-state index is 11.9. The van der Waals surface area contributed by atoms with Crippen LogP contribution >= 0.6 is 0 Å². The van der Waals surface area contributed by atoms with Gasteiger partial charge in [0, 0.05) is 19.4 Å². The molecule has 1 aliphatic rings. The fourth-order valence-electron chi connectivity index (χ4n) is 2.87. The fraction of sp³-hybridized carbons (Fsp3) is 0.938. The summed E-state index contributed by atoms with van der Waals surface area (Å²) >= 11 is 0. The van der Waals surface area contributed by atoms with Crippen molar-refractivity contribution in [3.05, 3.63) is 0 Å². The molecule has 1 saturated heterocycles. The van der Waals surface area contributed by atoms with Gasteiger partial charge in [0.1, 0.15) is 5.78 Å². The molecule has 0 spiro atoms. The zero-order valence-corrected chi connectivity index (χ0v) is 12.9. The molecule has 2 unspecified atom stereocenters. The van der Waals surface area contributed by atoms with Gasteiger partial charge in [-0.15, -0.1) is 0 Å². The molecule has 0 amide bonds. The van der Waals surface area contributed by atoms with E-state index in [1.165, 1.54) is 0 Å². The van der Waals surface area contributed by atoms with Crippen molar-refractivity contribution in [3.8, 4) is 0 Å². The van der Waals surface area contributed by atoms with Gasteiger partial charge in [0.15, 0.2) is 0 Å². The number of ketones is 1. The van der Waals surface area contributed by atoms with Crippen molar-refractivity contribution in [3.63, 3.8) is 0 Å². The standard InChI is InChI=1S/C16H31NO2/c1-16(2,3)13(10-11-17)6-7-14(18)8-9-15-5-4-12-19-15/h13,15H,4-12,17H2,1-3H3. The van der Waals surface area contributed by atoms with E-state index in [0.717, 1.165) is 38.7 Å². The Hall–Kier alpha value is -0.410. The van der Waals surface area contributed by atoms with Crippen molar-refractivity contribution in [1.29, 1.82) is 0 Å². The second-order valence-corrected chi connectivity index (χ2v) is 6.89. The third kappa shape index (κ3) is 6.53. The summed E-state index contributed by atoms with van der Waals surface area (Å²) in [5, 5.41) is 0. The lowest BCUT2D eigenvalue weighted by molar-refractivity contribution is -0.120. The minimum atomic E-state index is 0.244. The molecular weight excluding hydrogens is 238 g/mol. The third-order valence-electron chi connectivity index (χ3n) is 4.28. The van der Waals surface area contributed by atoms with E-state index < -0.39 is 0 Å². The van der Waals surface area contributed by atoms with Gasteiger partial charge in [-0.25, -0.2) is 0 Å². The molecule has 2 N–H and O–H groups in total. The number of nitrogens with two attached hydrogens (primary N) is 1. The van der Waals surface area contributed by atoms with Crippen molar-refractivity contribution in [1.82, 2.24) is 0 Å². The molecule has 2 atom stereocenters. The van der Waals surface area contributed by atoms with Gasteiger partial charge in [-0.1, -0.05) is 20.8 Å². The van der Waals surface area contributed by atoms with E-state index in [2.05, 4.69) is 20.8 Å². The number of Topliss-reactive ketones (excluding diaryl/α,β-unsaturated/α-hetero) is 1. The molecule has 0 bridgehead atoms. The number of hydrogen-bond donors (Lipinski definition) is 1. The summed E-state index contributed by atoms with van der Waals surface area (Å²) in [4.78, 5) is 11.9. The fourth-order valence-corrected chi connectivity index (χ4v) is 2.87. The van der Waals surface area contributed by atoms with Crippen LogP contribution in [0.4, 0.5) is 0 Å². The number of ether oxygens (including phenoxy) is 1. The van der Waals surface area contributed by atoms with E-state index in [4.69, 9.17) is 10.5 Å². The lowest BCUT2D eigenvalue weighted by Crippen LogP contribution is -2.24. The summed E-state index contributed by atoms with van der Waals surface area (Å²) in [6.45, 7) is 8.31. The second-order valence-electron chi connectivity index (χ2n) is 6.89. The third-order valence-corrected chi connectivity index (χ3v) is 4.28. The number of carbonyl (C=O) groups is 1. The van der Waals surface area contributed by atoms with Crippen LogP contribution in [0.5, 0.6) is 0 Å². The SMILES string of the molecule is CC(C)(C)C(CCN)CCC(=O)CCC1CCCO1. The van der Waals surface area contributed by atoms with Gasteiger partial charge in [0.05, 0.1) is 6.10 Å². The first-order valence-electron chi connectivity index (χ1n) is 7.77. The molecule has 0 aromatic carbocycles. The van der Waals surface area contributed by atoms with E-state index in [9.17, 15) is 4.79 Å². The molecule has 1 heterocycles. The van der Waals surface area contributed by atoms with E-state index >= 15 is 0 Å². The smallest absolute Gasteiger partial charge is 0.133 e. The van der Waals surface area contributed by atoms with Crippen LogP contribution in [0.25, 0.3) is 0 Å². The Morgan fingerprint density at radius 2 is 2.05 bits per heavy atom.